The van der Waals surface area contributed by atoms with E-state index in [2.05, 4.69) is 29.8 Å². The van der Waals surface area contributed by atoms with Crippen molar-refractivity contribution in [1.82, 2.24) is 14.9 Å². The first kappa shape index (κ1) is 18.2. The van der Waals surface area contributed by atoms with E-state index in [9.17, 15) is 4.79 Å². The van der Waals surface area contributed by atoms with Gasteiger partial charge in [-0.25, -0.2) is 4.98 Å². The summed E-state index contributed by atoms with van der Waals surface area (Å²) in [5, 5.41) is 3.05. The summed E-state index contributed by atoms with van der Waals surface area (Å²) in [6, 6.07) is 14.1. The van der Waals surface area contributed by atoms with Gasteiger partial charge in [-0.15, -0.1) is 0 Å². The molecule has 1 aromatic heterocycles. The van der Waals surface area contributed by atoms with E-state index in [0.29, 0.717) is 12.5 Å². The number of benzene rings is 2. The van der Waals surface area contributed by atoms with Crippen molar-refractivity contribution >= 4 is 16.9 Å². The number of para-hydroxylation sites is 2. The lowest BCUT2D eigenvalue weighted by molar-refractivity contribution is 0.0949. The maximum absolute atomic E-state index is 12.6. The van der Waals surface area contributed by atoms with Crippen molar-refractivity contribution in [2.45, 2.75) is 47.2 Å². The van der Waals surface area contributed by atoms with E-state index in [-0.39, 0.29) is 5.91 Å². The van der Waals surface area contributed by atoms with Crippen molar-refractivity contribution in [2.24, 2.45) is 5.92 Å². The number of nitrogens with one attached hydrogen (secondary N) is 1. The number of aromatic nitrogens is 2. The number of rotatable bonds is 6. The molecule has 2 aromatic carbocycles. The van der Waals surface area contributed by atoms with Gasteiger partial charge in [0.25, 0.3) is 5.91 Å². The zero-order chi connectivity index (χ0) is 18.7. The molecule has 0 radical (unpaired) electrons. The largest absolute Gasteiger partial charge is 0.345 e. The standard InChI is InChI=1S/C22H27N3O/c1-5-15(2)14-25-20-9-7-6-8-19(20)24-21(25)13-23-22(26)18-11-10-16(3)12-17(18)4/h6-12,15H,5,13-14H2,1-4H3,(H,23,26). The number of imidazole rings is 1. The van der Waals surface area contributed by atoms with Crippen LogP contribution in [0.25, 0.3) is 11.0 Å². The predicted octanol–water partition coefficient (Wildman–Crippen LogP) is 4.63. The molecular formula is C22H27N3O. The van der Waals surface area contributed by atoms with Gasteiger partial charge in [-0.05, 0) is 43.5 Å². The van der Waals surface area contributed by atoms with E-state index in [0.717, 1.165) is 46.5 Å². The molecule has 0 aliphatic carbocycles. The number of fused-ring (bicyclic) bond motifs is 1. The van der Waals surface area contributed by atoms with Crippen LogP contribution in [0.3, 0.4) is 0 Å². The number of carbonyl (C=O) groups is 1. The van der Waals surface area contributed by atoms with Gasteiger partial charge < -0.3 is 9.88 Å². The Balaban J connectivity index is 1.83. The van der Waals surface area contributed by atoms with Crippen LogP contribution in [-0.2, 0) is 13.1 Å². The third-order valence-corrected chi connectivity index (χ3v) is 4.96. The lowest BCUT2D eigenvalue weighted by atomic mass is 10.1. The Morgan fingerprint density at radius 1 is 1.19 bits per heavy atom. The molecule has 0 aliphatic heterocycles. The van der Waals surface area contributed by atoms with Gasteiger partial charge in [-0.1, -0.05) is 50.1 Å². The summed E-state index contributed by atoms with van der Waals surface area (Å²) in [7, 11) is 0. The first-order valence-electron chi connectivity index (χ1n) is 9.29. The maximum Gasteiger partial charge on any atom is 0.251 e. The number of hydrogen-bond donors (Lipinski definition) is 1. The second-order valence-corrected chi connectivity index (χ2v) is 7.14. The van der Waals surface area contributed by atoms with Crippen LogP contribution in [0.2, 0.25) is 0 Å². The van der Waals surface area contributed by atoms with Crippen molar-refractivity contribution < 1.29 is 4.79 Å². The Bertz CT molecular complexity index is 926. The number of aryl methyl sites for hydroxylation is 2. The molecule has 3 aromatic rings. The van der Waals surface area contributed by atoms with Crippen molar-refractivity contribution in [3.05, 3.63) is 65.0 Å². The Labute approximate surface area is 155 Å². The molecule has 0 spiro atoms. The van der Waals surface area contributed by atoms with Gasteiger partial charge in [0.2, 0.25) is 0 Å². The molecule has 1 heterocycles. The number of carbonyl (C=O) groups excluding carboxylic acids is 1. The molecular weight excluding hydrogens is 322 g/mol. The van der Waals surface area contributed by atoms with E-state index in [4.69, 9.17) is 4.98 Å². The van der Waals surface area contributed by atoms with Crippen LogP contribution in [0.4, 0.5) is 0 Å². The van der Waals surface area contributed by atoms with Gasteiger partial charge in [-0.3, -0.25) is 4.79 Å². The highest BCUT2D eigenvalue weighted by molar-refractivity contribution is 5.95. The zero-order valence-electron chi connectivity index (χ0n) is 16.0. The molecule has 3 rings (SSSR count). The minimum atomic E-state index is -0.0513. The molecule has 1 unspecified atom stereocenters. The highest BCUT2D eigenvalue weighted by atomic mass is 16.1. The summed E-state index contributed by atoms with van der Waals surface area (Å²) >= 11 is 0. The van der Waals surface area contributed by atoms with E-state index in [1.54, 1.807) is 0 Å². The summed E-state index contributed by atoms with van der Waals surface area (Å²) in [5.41, 5.74) is 4.99. The lowest BCUT2D eigenvalue weighted by Crippen LogP contribution is -2.26. The van der Waals surface area contributed by atoms with Gasteiger partial charge >= 0.3 is 0 Å². The van der Waals surface area contributed by atoms with E-state index < -0.39 is 0 Å². The minimum Gasteiger partial charge on any atom is -0.345 e. The van der Waals surface area contributed by atoms with Crippen molar-refractivity contribution in [1.29, 1.82) is 0 Å². The van der Waals surface area contributed by atoms with Crippen LogP contribution in [-0.4, -0.2) is 15.5 Å². The van der Waals surface area contributed by atoms with Gasteiger partial charge in [0.05, 0.1) is 17.6 Å². The Kier molecular flexibility index (Phi) is 5.40. The van der Waals surface area contributed by atoms with Crippen LogP contribution in [0, 0.1) is 19.8 Å². The molecule has 1 N–H and O–H groups in total. The Hall–Kier alpha value is -2.62. The third-order valence-electron chi connectivity index (χ3n) is 4.96. The van der Waals surface area contributed by atoms with E-state index in [1.807, 2.05) is 50.2 Å². The fraction of sp³-hybridized carbons (Fsp3) is 0.364. The van der Waals surface area contributed by atoms with E-state index in [1.165, 1.54) is 0 Å². The van der Waals surface area contributed by atoms with Gasteiger partial charge in [-0.2, -0.15) is 0 Å². The predicted molar refractivity (Wildman–Crippen MR) is 106 cm³/mol. The number of amides is 1. The fourth-order valence-electron chi connectivity index (χ4n) is 3.23. The summed E-state index contributed by atoms with van der Waals surface area (Å²) in [5.74, 6) is 1.41. The topological polar surface area (TPSA) is 46.9 Å². The van der Waals surface area contributed by atoms with Crippen molar-refractivity contribution in [3.63, 3.8) is 0 Å². The van der Waals surface area contributed by atoms with Crippen LogP contribution in [0.5, 0.6) is 0 Å². The monoisotopic (exact) mass is 349 g/mol. The molecule has 0 saturated carbocycles. The Morgan fingerprint density at radius 3 is 2.69 bits per heavy atom. The molecule has 0 bridgehead atoms. The SMILES string of the molecule is CCC(C)Cn1c(CNC(=O)c2ccc(C)cc2C)nc2ccccc21. The highest BCUT2D eigenvalue weighted by Gasteiger charge is 2.15. The average Bonchev–Trinajstić information content (AvgIpc) is 2.97. The number of nitrogens with zero attached hydrogens (tertiary/aromatic N) is 2. The molecule has 1 atom stereocenters. The molecule has 26 heavy (non-hydrogen) atoms. The van der Waals surface area contributed by atoms with Crippen LogP contribution < -0.4 is 5.32 Å². The quantitative estimate of drug-likeness (QED) is 0.705. The first-order chi connectivity index (χ1) is 12.5. The first-order valence-corrected chi connectivity index (χ1v) is 9.29. The van der Waals surface area contributed by atoms with Gasteiger partial charge in [0.15, 0.2) is 0 Å². The van der Waals surface area contributed by atoms with Crippen molar-refractivity contribution in [3.8, 4) is 0 Å². The summed E-state index contributed by atoms with van der Waals surface area (Å²) in [6.07, 6.45) is 1.11. The second-order valence-electron chi connectivity index (χ2n) is 7.14. The molecule has 0 fully saturated rings. The average molecular weight is 349 g/mol. The van der Waals surface area contributed by atoms with Gasteiger partial charge in [0.1, 0.15) is 5.82 Å². The van der Waals surface area contributed by atoms with Crippen LogP contribution >= 0.6 is 0 Å². The second kappa shape index (κ2) is 7.73. The van der Waals surface area contributed by atoms with Crippen LogP contribution in [0.1, 0.15) is 47.6 Å². The maximum atomic E-state index is 12.6. The Morgan fingerprint density at radius 2 is 1.96 bits per heavy atom. The molecule has 4 heteroatoms. The summed E-state index contributed by atoms with van der Waals surface area (Å²) < 4.78 is 2.24. The molecule has 0 saturated heterocycles. The highest BCUT2D eigenvalue weighted by Crippen LogP contribution is 2.19. The fourth-order valence-corrected chi connectivity index (χ4v) is 3.23. The van der Waals surface area contributed by atoms with E-state index >= 15 is 0 Å². The zero-order valence-corrected chi connectivity index (χ0v) is 16.0. The van der Waals surface area contributed by atoms with Gasteiger partial charge in [0, 0.05) is 12.1 Å². The lowest BCUT2D eigenvalue weighted by Gasteiger charge is -2.14. The molecule has 0 aliphatic rings. The van der Waals surface area contributed by atoms with Crippen molar-refractivity contribution in [2.75, 3.05) is 0 Å². The molecule has 136 valence electrons. The minimum absolute atomic E-state index is 0.0513. The molecule has 4 nitrogen and oxygen atoms in total. The molecule has 1 amide bonds. The summed E-state index contributed by atoms with van der Waals surface area (Å²) in [4.78, 5) is 17.4. The number of hydrogen-bond acceptors (Lipinski definition) is 2. The normalized spacial score (nSPS) is 12.3. The van der Waals surface area contributed by atoms with Crippen LogP contribution in [0.15, 0.2) is 42.5 Å². The third kappa shape index (κ3) is 3.79. The summed E-state index contributed by atoms with van der Waals surface area (Å²) in [6.45, 7) is 9.78. The smallest absolute Gasteiger partial charge is 0.251 e.